The molecule has 4 rings (SSSR count). The van der Waals surface area contributed by atoms with E-state index in [0.717, 1.165) is 42.8 Å². The lowest BCUT2D eigenvalue weighted by Gasteiger charge is -2.36. The molecule has 0 amide bonds. The molecule has 3 N–H and O–H groups in total. The average molecular weight is 395 g/mol. The van der Waals surface area contributed by atoms with Gasteiger partial charge in [0.15, 0.2) is 0 Å². The number of phenols is 1. The van der Waals surface area contributed by atoms with Gasteiger partial charge in [0.1, 0.15) is 24.2 Å². The maximum atomic E-state index is 11.3. The van der Waals surface area contributed by atoms with Crippen molar-refractivity contribution in [3.8, 4) is 11.5 Å². The molecule has 2 aromatic carbocycles. The number of β-amino-alcohol motifs (C(OH)–C–C–N with tert-alkyl or cyclic N) is 1. The summed E-state index contributed by atoms with van der Waals surface area (Å²) in [5, 5.41) is 20.7. The molecule has 0 saturated carbocycles. The molecule has 152 valence electrons. The third-order valence-corrected chi connectivity index (χ3v) is 5.19. The van der Waals surface area contributed by atoms with Crippen LogP contribution in [-0.4, -0.2) is 65.5 Å². The maximum Gasteiger partial charge on any atom is 0.248 e. The number of nitrogens with zero attached hydrogens (tertiary/aromatic N) is 2. The number of hydrogen-bond acceptors (Lipinski definition) is 6. The first-order valence-corrected chi connectivity index (χ1v) is 9.77. The van der Waals surface area contributed by atoms with Crippen molar-refractivity contribution in [2.75, 3.05) is 44.2 Å². The highest BCUT2D eigenvalue weighted by Crippen LogP contribution is 2.20. The lowest BCUT2D eigenvalue weighted by atomic mass is 10.2. The van der Waals surface area contributed by atoms with E-state index < -0.39 is 6.10 Å². The van der Waals surface area contributed by atoms with Crippen molar-refractivity contribution in [1.82, 2.24) is 9.88 Å². The summed E-state index contributed by atoms with van der Waals surface area (Å²) in [5.41, 5.74) is 1.73. The van der Waals surface area contributed by atoms with Crippen LogP contribution in [0.5, 0.6) is 11.5 Å². The number of rotatable bonds is 6. The number of hydrogen-bond donors (Lipinski definition) is 3. The zero-order chi connectivity index (χ0) is 20.2. The number of nitrogens with one attached hydrogen (secondary N) is 1. The van der Waals surface area contributed by atoms with Gasteiger partial charge in [-0.3, -0.25) is 9.69 Å². The molecule has 7 heteroatoms. The fraction of sp³-hybridized carbons (Fsp3) is 0.318. The predicted molar refractivity (Wildman–Crippen MR) is 113 cm³/mol. The summed E-state index contributed by atoms with van der Waals surface area (Å²) in [5.74, 6) is 0.941. The average Bonchev–Trinajstić information content (AvgIpc) is 2.73. The molecule has 1 aliphatic heterocycles. The van der Waals surface area contributed by atoms with E-state index in [9.17, 15) is 15.0 Å². The number of aromatic nitrogens is 1. The molecule has 1 fully saturated rings. The van der Waals surface area contributed by atoms with E-state index in [1.165, 1.54) is 6.07 Å². The highest BCUT2D eigenvalue weighted by Gasteiger charge is 2.19. The normalized spacial score (nSPS) is 16.1. The minimum Gasteiger partial charge on any atom is -0.508 e. The van der Waals surface area contributed by atoms with Gasteiger partial charge in [0.25, 0.3) is 0 Å². The van der Waals surface area contributed by atoms with Gasteiger partial charge in [0.2, 0.25) is 5.56 Å². The second kappa shape index (κ2) is 8.55. The summed E-state index contributed by atoms with van der Waals surface area (Å²) in [6, 6.07) is 15.9. The SMILES string of the molecule is O=c1ccc2cc(OC[C@@H](O)CN3CCN(c4ccc(O)cc4)CC3)ccc2[nH]1. The minimum atomic E-state index is -0.582. The van der Waals surface area contributed by atoms with Crippen molar-refractivity contribution in [2.45, 2.75) is 6.10 Å². The second-order valence-corrected chi connectivity index (χ2v) is 7.34. The molecule has 1 saturated heterocycles. The first-order valence-electron chi connectivity index (χ1n) is 9.77. The van der Waals surface area contributed by atoms with Gasteiger partial charge in [-0.1, -0.05) is 0 Å². The van der Waals surface area contributed by atoms with E-state index in [2.05, 4.69) is 14.8 Å². The van der Waals surface area contributed by atoms with E-state index in [1.54, 1.807) is 30.3 Å². The van der Waals surface area contributed by atoms with Crippen LogP contribution >= 0.6 is 0 Å². The molecular weight excluding hydrogens is 370 g/mol. The monoisotopic (exact) mass is 395 g/mol. The number of aliphatic hydroxyl groups excluding tert-OH is 1. The van der Waals surface area contributed by atoms with Crippen LogP contribution in [0.25, 0.3) is 10.9 Å². The van der Waals surface area contributed by atoms with Gasteiger partial charge in [-0.25, -0.2) is 0 Å². The quantitative estimate of drug-likeness (QED) is 0.590. The fourth-order valence-corrected chi connectivity index (χ4v) is 3.62. The first-order chi connectivity index (χ1) is 14.1. The molecule has 1 aliphatic rings. The molecular formula is C22H25N3O4. The van der Waals surface area contributed by atoms with Gasteiger partial charge in [-0.05, 0) is 48.5 Å². The largest absolute Gasteiger partial charge is 0.508 e. The molecule has 0 bridgehead atoms. The third-order valence-electron chi connectivity index (χ3n) is 5.19. The molecule has 2 heterocycles. The number of benzene rings is 2. The first kappa shape index (κ1) is 19.3. The lowest BCUT2D eigenvalue weighted by molar-refractivity contribution is 0.0663. The number of pyridine rings is 1. The molecule has 0 aliphatic carbocycles. The van der Waals surface area contributed by atoms with Crippen molar-refractivity contribution < 1.29 is 14.9 Å². The number of phenolic OH excluding ortho intramolecular Hbond substituents is 1. The van der Waals surface area contributed by atoms with E-state index in [0.29, 0.717) is 12.3 Å². The number of aromatic hydroxyl groups is 1. The number of aliphatic hydroxyl groups is 1. The molecule has 0 unspecified atom stereocenters. The Bertz CT molecular complexity index is 1010. The summed E-state index contributed by atoms with van der Waals surface area (Å²) < 4.78 is 5.75. The molecule has 1 aromatic heterocycles. The van der Waals surface area contributed by atoms with E-state index >= 15 is 0 Å². The van der Waals surface area contributed by atoms with E-state index in [1.807, 2.05) is 18.2 Å². The smallest absolute Gasteiger partial charge is 0.248 e. The van der Waals surface area contributed by atoms with Crippen molar-refractivity contribution in [2.24, 2.45) is 0 Å². The molecule has 0 spiro atoms. The van der Waals surface area contributed by atoms with Crippen molar-refractivity contribution in [3.05, 3.63) is 65.0 Å². The second-order valence-electron chi connectivity index (χ2n) is 7.34. The summed E-state index contributed by atoms with van der Waals surface area (Å²) >= 11 is 0. The lowest BCUT2D eigenvalue weighted by Crippen LogP contribution is -2.49. The Morgan fingerprint density at radius 2 is 1.76 bits per heavy atom. The minimum absolute atomic E-state index is 0.132. The van der Waals surface area contributed by atoms with Crippen LogP contribution in [0.15, 0.2) is 59.4 Å². The maximum absolute atomic E-state index is 11.3. The van der Waals surface area contributed by atoms with Gasteiger partial charge in [-0.15, -0.1) is 0 Å². The van der Waals surface area contributed by atoms with Gasteiger partial charge in [0.05, 0.1) is 0 Å². The standard InChI is InChI=1S/C22H25N3O4/c26-18-4-2-17(3-5-18)25-11-9-24(10-12-25)14-19(27)15-29-20-6-7-21-16(13-20)1-8-22(28)23-21/h1-8,13,19,26-27H,9-12,14-15H2,(H,23,28)/t19-/m0/s1. The Kier molecular flexibility index (Phi) is 5.69. The molecule has 1 atom stereocenters. The molecule has 7 nitrogen and oxygen atoms in total. The van der Waals surface area contributed by atoms with Crippen LogP contribution in [-0.2, 0) is 0 Å². The van der Waals surface area contributed by atoms with Crippen LogP contribution in [0.3, 0.4) is 0 Å². The molecule has 3 aromatic rings. The summed E-state index contributed by atoms with van der Waals surface area (Å²) in [4.78, 5) is 18.6. The Morgan fingerprint density at radius 1 is 1.00 bits per heavy atom. The topological polar surface area (TPSA) is 89.0 Å². The predicted octanol–water partition coefficient (Wildman–Crippen LogP) is 1.80. The van der Waals surface area contributed by atoms with Gasteiger partial charge in [0, 0.05) is 55.4 Å². The summed E-state index contributed by atoms with van der Waals surface area (Å²) in [7, 11) is 0. The number of anilines is 1. The Labute approximate surface area is 168 Å². The van der Waals surface area contributed by atoms with Gasteiger partial charge in [-0.2, -0.15) is 0 Å². The van der Waals surface area contributed by atoms with Crippen LogP contribution in [0, 0.1) is 0 Å². The van der Waals surface area contributed by atoms with E-state index in [4.69, 9.17) is 4.74 Å². The number of ether oxygens (including phenoxy) is 1. The molecule has 0 radical (unpaired) electrons. The van der Waals surface area contributed by atoms with Crippen molar-refractivity contribution in [1.29, 1.82) is 0 Å². The summed E-state index contributed by atoms with van der Waals surface area (Å²) in [6.45, 7) is 4.25. The van der Waals surface area contributed by atoms with Crippen LogP contribution in [0.4, 0.5) is 5.69 Å². The Morgan fingerprint density at radius 3 is 2.52 bits per heavy atom. The van der Waals surface area contributed by atoms with Gasteiger partial charge < -0.3 is 24.8 Å². The number of H-pyrrole nitrogens is 1. The van der Waals surface area contributed by atoms with Gasteiger partial charge >= 0.3 is 0 Å². The van der Waals surface area contributed by atoms with Crippen LogP contribution < -0.4 is 15.2 Å². The van der Waals surface area contributed by atoms with Crippen LogP contribution in [0.2, 0.25) is 0 Å². The van der Waals surface area contributed by atoms with Crippen molar-refractivity contribution in [3.63, 3.8) is 0 Å². The van der Waals surface area contributed by atoms with Crippen molar-refractivity contribution >= 4 is 16.6 Å². The zero-order valence-electron chi connectivity index (χ0n) is 16.1. The highest BCUT2D eigenvalue weighted by molar-refractivity contribution is 5.79. The Hall–Kier alpha value is -3.03. The van der Waals surface area contributed by atoms with Crippen LogP contribution in [0.1, 0.15) is 0 Å². The zero-order valence-corrected chi connectivity index (χ0v) is 16.1. The third kappa shape index (κ3) is 4.88. The summed E-state index contributed by atoms with van der Waals surface area (Å²) in [6.07, 6.45) is -0.582. The Balaban J connectivity index is 1.25. The number of aromatic amines is 1. The fourth-order valence-electron chi connectivity index (χ4n) is 3.62. The highest BCUT2D eigenvalue weighted by atomic mass is 16.5. The number of piperazine rings is 1. The molecule has 29 heavy (non-hydrogen) atoms. The number of fused-ring (bicyclic) bond motifs is 1. The van der Waals surface area contributed by atoms with E-state index in [-0.39, 0.29) is 17.9 Å².